The van der Waals surface area contributed by atoms with Crippen molar-refractivity contribution >= 4 is 0 Å². The number of alkyl halides is 4. The Kier molecular flexibility index (Phi) is 7.79. The highest BCUT2D eigenvalue weighted by atomic mass is 19.2. The molecule has 24 heavy (non-hydrogen) atoms. The molecule has 0 spiro atoms. The number of hydrogen-bond donors (Lipinski definition) is 0. The highest BCUT2D eigenvalue weighted by Crippen LogP contribution is 2.44. The largest absolute Gasteiger partial charge is 0.378 e. The number of rotatable bonds is 7. The van der Waals surface area contributed by atoms with Crippen molar-refractivity contribution in [2.45, 2.75) is 88.8 Å². The van der Waals surface area contributed by atoms with Gasteiger partial charge in [-0.1, -0.05) is 19.8 Å². The van der Waals surface area contributed by atoms with Crippen molar-refractivity contribution in [2.24, 2.45) is 11.8 Å². The third kappa shape index (κ3) is 4.43. The molecular formula is C18H30F4O2. The maximum absolute atomic E-state index is 14.6. The first-order valence-corrected chi connectivity index (χ1v) is 9.21. The van der Waals surface area contributed by atoms with Crippen molar-refractivity contribution < 1.29 is 27.0 Å². The molecule has 6 heteroatoms. The van der Waals surface area contributed by atoms with Crippen molar-refractivity contribution in [1.29, 1.82) is 0 Å². The average Bonchev–Trinajstić information content (AvgIpc) is 2.58. The molecule has 0 heterocycles. The maximum atomic E-state index is 14.6. The van der Waals surface area contributed by atoms with Crippen LogP contribution in [0.4, 0.5) is 17.6 Å². The molecule has 2 fully saturated rings. The highest BCUT2D eigenvalue weighted by Gasteiger charge is 2.50. The zero-order chi connectivity index (χ0) is 17.7. The van der Waals surface area contributed by atoms with Gasteiger partial charge in [-0.05, 0) is 43.9 Å². The predicted octanol–water partition coefficient (Wildman–Crippen LogP) is 4.75. The Morgan fingerprint density at radius 2 is 1.29 bits per heavy atom. The summed E-state index contributed by atoms with van der Waals surface area (Å²) in [4.78, 5) is 0. The maximum Gasteiger partial charge on any atom is 0.157 e. The molecular weight excluding hydrogens is 324 g/mol. The molecule has 0 aromatic rings. The van der Waals surface area contributed by atoms with Crippen molar-refractivity contribution in [2.75, 3.05) is 13.7 Å². The molecule has 0 aromatic heterocycles. The summed E-state index contributed by atoms with van der Waals surface area (Å²) in [5.41, 5.74) is 0. The number of halogens is 4. The second kappa shape index (κ2) is 9.37. The third-order valence-electron chi connectivity index (χ3n) is 5.64. The van der Waals surface area contributed by atoms with Gasteiger partial charge >= 0.3 is 0 Å². The topological polar surface area (TPSA) is 18.5 Å². The smallest absolute Gasteiger partial charge is 0.157 e. The minimum atomic E-state index is -1.79. The summed E-state index contributed by atoms with van der Waals surface area (Å²) >= 11 is 0. The Bertz CT molecular complexity index is 371. The van der Waals surface area contributed by atoms with Gasteiger partial charge in [0.1, 0.15) is 12.3 Å². The molecule has 8 atom stereocenters. The molecule has 2 saturated carbocycles. The van der Waals surface area contributed by atoms with Gasteiger partial charge in [0.15, 0.2) is 12.3 Å². The zero-order valence-electron chi connectivity index (χ0n) is 14.6. The lowest BCUT2D eigenvalue weighted by Gasteiger charge is -2.43. The van der Waals surface area contributed by atoms with Crippen molar-refractivity contribution in [1.82, 2.24) is 0 Å². The van der Waals surface area contributed by atoms with Crippen LogP contribution in [-0.4, -0.2) is 50.6 Å². The Hall–Kier alpha value is -0.360. The fourth-order valence-corrected chi connectivity index (χ4v) is 4.14. The minimum Gasteiger partial charge on any atom is -0.378 e. The molecule has 142 valence electrons. The number of ether oxygens (including phenoxy) is 2. The van der Waals surface area contributed by atoms with Gasteiger partial charge in [-0.2, -0.15) is 0 Å². The van der Waals surface area contributed by atoms with Crippen LogP contribution in [0.5, 0.6) is 0 Å². The summed E-state index contributed by atoms with van der Waals surface area (Å²) in [6.45, 7) is 2.48. The molecule has 2 nitrogen and oxygen atoms in total. The molecule has 0 aliphatic heterocycles. The highest BCUT2D eigenvalue weighted by molar-refractivity contribution is 4.98. The van der Waals surface area contributed by atoms with Crippen LogP contribution in [0, 0.1) is 11.8 Å². The van der Waals surface area contributed by atoms with E-state index in [2.05, 4.69) is 6.92 Å². The van der Waals surface area contributed by atoms with Gasteiger partial charge in [0.25, 0.3) is 0 Å². The lowest BCUT2D eigenvalue weighted by molar-refractivity contribution is -0.116. The Balaban J connectivity index is 1.90. The molecule has 0 bridgehead atoms. The van der Waals surface area contributed by atoms with Gasteiger partial charge in [-0.3, -0.25) is 0 Å². The zero-order valence-corrected chi connectivity index (χ0v) is 14.6. The van der Waals surface area contributed by atoms with E-state index in [4.69, 9.17) is 9.47 Å². The van der Waals surface area contributed by atoms with Crippen LogP contribution in [0.3, 0.4) is 0 Å². The van der Waals surface area contributed by atoms with Crippen LogP contribution in [0.25, 0.3) is 0 Å². The molecule has 2 aliphatic carbocycles. The normalized spacial score (nSPS) is 43.8. The summed E-state index contributed by atoms with van der Waals surface area (Å²) in [6.07, 6.45) is -4.39. The number of unbranched alkanes of at least 4 members (excludes halogenated alkanes) is 2. The average molecular weight is 354 g/mol. The van der Waals surface area contributed by atoms with E-state index in [0.29, 0.717) is 32.3 Å². The lowest BCUT2D eigenvalue weighted by Crippen LogP contribution is -2.51. The first-order valence-electron chi connectivity index (χ1n) is 9.21. The molecule has 0 aromatic carbocycles. The number of hydrogen-bond acceptors (Lipinski definition) is 2. The van der Waals surface area contributed by atoms with Gasteiger partial charge in [0.2, 0.25) is 0 Å². The van der Waals surface area contributed by atoms with Gasteiger partial charge in [0.05, 0.1) is 12.2 Å². The van der Waals surface area contributed by atoms with Crippen molar-refractivity contribution in [3.63, 3.8) is 0 Å². The minimum absolute atomic E-state index is 0.333. The first kappa shape index (κ1) is 20.0. The fourth-order valence-electron chi connectivity index (χ4n) is 4.14. The predicted molar refractivity (Wildman–Crippen MR) is 85.1 cm³/mol. The summed E-state index contributed by atoms with van der Waals surface area (Å²) in [5.74, 6) is -1.55. The molecule has 8 unspecified atom stereocenters. The SMILES string of the molecule is CCCCCOC1CCC(C2CCC(OC)C(F)C2F)C(F)C1F. The Morgan fingerprint density at radius 1 is 0.750 bits per heavy atom. The monoisotopic (exact) mass is 354 g/mol. The molecule has 0 amide bonds. The van der Waals surface area contributed by atoms with E-state index in [1.165, 1.54) is 7.11 Å². The van der Waals surface area contributed by atoms with Crippen LogP contribution in [-0.2, 0) is 9.47 Å². The van der Waals surface area contributed by atoms with Crippen molar-refractivity contribution in [3.05, 3.63) is 0 Å². The summed E-state index contributed by atoms with van der Waals surface area (Å²) in [5, 5.41) is 0. The van der Waals surface area contributed by atoms with E-state index < -0.39 is 48.7 Å². The summed E-state index contributed by atoms with van der Waals surface area (Å²) < 4.78 is 67.8. The molecule has 0 radical (unpaired) electrons. The summed E-state index contributed by atoms with van der Waals surface area (Å²) in [7, 11) is 1.35. The van der Waals surface area contributed by atoms with E-state index in [-0.39, 0.29) is 0 Å². The molecule has 2 aliphatic rings. The van der Waals surface area contributed by atoms with Gasteiger partial charge in [-0.15, -0.1) is 0 Å². The van der Waals surface area contributed by atoms with Crippen LogP contribution >= 0.6 is 0 Å². The second-order valence-corrected chi connectivity index (χ2v) is 7.15. The van der Waals surface area contributed by atoms with Crippen LogP contribution < -0.4 is 0 Å². The Labute approximate surface area is 142 Å². The molecule has 0 saturated heterocycles. The first-order chi connectivity index (χ1) is 11.5. The molecule has 2 rings (SSSR count). The van der Waals surface area contributed by atoms with E-state index in [1.807, 2.05) is 0 Å². The summed E-state index contributed by atoms with van der Waals surface area (Å²) in [6, 6.07) is 0. The van der Waals surface area contributed by atoms with Crippen LogP contribution in [0.2, 0.25) is 0 Å². The van der Waals surface area contributed by atoms with Gasteiger partial charge < -0.3 is 9.47 Å². The van der Waals surface area contributed by atoms with E-state index >= 15 is 0 Å². The molecule has 0 N–H and O–H groups in total. The van der Waals surface area contributed by atoms with E-state index in [1.54, 1.807) is 0 Å². The quantitative estimate of drug-likeness (QED) is 0.485. The van der Waals surface area contributed by atoms with Crippen LogP contribution in [0.15, 0.2) is 0 Å². The van der Waals surface area contributed by atoms with E-state index in [9.17, 15) is 17.6 Å². The van der Waals surface area contributed by atoms with Gasteiger partial charge in [-0.25, -0.2) is 17.6 Å². The number of methoxy groups -OCH3 is 1. The third-order valence-corrected chi connectivity index (χ3v) is 5.64. The van der Waals surface area contributed by atoms with Crippen LogP contribution in [0.1, 0.15) is 51.9 Å². The van der Waals surface area contributed by atoms with E-state index in [0.717, 1.165) is 19.3 Å². The fraction of sp³-hybridized carbons (Fsp3) is 1.00. The van der Waals surface area contributed by atoms with Gasteiger partial charge in [0, 0.05) is 13.7 Å². The second-order valence-electron chi connectivity index (χ2n) is 7.15. The Morgan fingerprint density at radius 3 is 1.83 bits per heavy atom. The van der Waals surface area contributed by atoms with Crippen molar-refractivity contribution in [3.8, 4) is 0 Å². The lowest BCUT2D eigenvalue weighted by atomic mass is 9.69. The standard InChI is InChI=1S/C18H30F4O2/c1-3-4-5-10-24-14-9-7-12(16(20)18(14)22)11-6-8-13(23-2)17(21)15(11)19/h11-18H,3-10H2,1-2H3.